The molecule has 4 N–H and O–H groups in total. The lowest BCUT2D eigenvalue weighted by atomic mass is 10.2. The van der Waals surface area contributed by atoms with Crippen LogP contribution in [0.5, 0.6) is 0 Å². The molecule has 108 valence electrons. The number of hydrogen-bond donors (Lipinski definition) is 3. The van der Waals surface area contributed by atoms with Crippen molar-refractivity contribution in [3.05, 3.63) is 23.8 Å². The van der Waals surface area contributed by atoms with Crippen LogP contribution in [-0.2, 0) is 10.0 Å². The van der Waals surface area contributed by atoms with E-state index in [9.17, 15) is 13.2 Å². The third-order valence-electron chi connectivity index (χ3n) is 2.25. The normalized spacial score (nSPS) is 10.9. The summed E-state index contributed by atoms with van der Waals surface area (Å²) in [5.74, 6) is 2.07. The molecule has 0 unspecified atom stereocenters. The van der Waals surface area contributed by atoms with Crippen molar-refractivity contribution < 1.29 is 18.3 Å². The van der Waals surface area contributed by atoms with Crippen molar-refractivity contribution in [2.75, 3.05) is 23.8 Å². The highest BCUT2D eigenvalue weighted by atomic mass is 32.2. The average Bonchev–Trinajstić information content (AvgIpc) is 2.38. The summed E-state index contributed by atoms with van der Waals surface area (Å²) in [4.78, 5) is 10.7. The minimum absolute atomic E-state index is 0.155. The van der Waals surface area contributed by atoms with Crippen molar-refractivity contribution in [2.45, 2.75) is 4.90 Å². The predicted molar refractivity (Wildman–Crippen MR) is 79.2 cm³/mol. The van der Waals surface area contributed by atoms with Crippen LogP contribution in [0.15, 0.2) is 23.1 Å². The molecule has 0 fully saturated rings. The summed E-state index contributed by atoms with van der Waals surface area (Å²) in [5, 5.41) is 9.00. The van der Waals surface area contributed by atoms with Crippen LogP contribution in [0.3, 0.4) is 0 Å². The van der Waals surface area contributed by atoms with E-state index in [4.69, 9.17) is 17.3 Å². The van der Waals surface area contributed by atoms with Gasteiger partial charge < -0.3 is 10.8 Å². The maximum atomic E-state index is 12.1. The first kappa shape index (κ1) is 16.4. The van der Waals surface area contributed by atoms with Crippen LogP contribution < -0.4 is 10.5 Å². The molecule has 0 aliphatic rings. The summed E-state index contributed by atoms with van der Waals surface area (Å²) in [7, 11) is -3.92. The van der Waals surface area contributed by atoms with Gasteiger partial charge in [0.1, 0.15) is 0 Å². The lowest BCUT2D eigenvalue weighted by Crippen LogP contribution is -2.27. The number of anilines is 1. The van der Waals surface area contributed by atoms with Gasteiger partial charge in [0.05, 0.1) is 16.2 Å². The first-order chi connectivity index (χ1) is 9.38. The number of rotatable bonds is 7. The molecule has 0 amide bonds. The molecule has 0 bridgehead atoms. The third kappa shape index (κ3) is 4.45. The van der Waals surface area contributed by atoms with Gasteiger partial charge in [-0.1, -0.05) is 5.92 Å². The standard InChI is InChI=1S/C12H14N2O4S2/c1-2-6-19-7-5-14-20(17,18)11-8-9(13)3-4-10(11)12(15)16/h1,3-4,8,14H,5-7,13H2,(H,15,16). The van der Waals surface area contributed by atoms with Crippen LogP contribution in [0.4, 0.5) is 5.69 Å². The quantitative estimate of drug-likeness (QED) is 0.386. The van der Waals surface area contributed by atoms with Crippen molar-refractivity contribution in [3.8, 4) is 12.3 Å². The minimum atomic E-state index is -3.92. The van der Waals surface area contributed by atoms with Gasteiger partial charge in [-0.15, -0.1) is 18.2 Å². The highest BCUT2D eigenvalue weighted by Gasteiger charge is 2.22. The van der Waals surface area contributed by atoms with Gasteiger partial charge in [-0.2, -0.15) is 0 Å². The number of nitrogens with one attached hydrogen (secondary N) is 1. The first-order valence-corrected chi connectivity index (χ1v) is 8.16. The van der Waals surface area contributed by atoms with Gasteiger partial charge in [-0.05, 0) is 18.2 Å². The molecule has 0 aromatic heterocycles. The number of sulfonamides is 1. The summed E-state index contributed by atoms with van der Waals surface area (Å²) < 4.78 is 26.4. The molecule has 0 aliphatic heterocycles. The summed E-state index contributed by atoms with van der Waals surface area (Å²) in [6, 6.07) is 3.63. The Morgan fingerprint density at radius 2 is 2.20 bits per heavy atom. The van der Waals surface area contributed by atoms with E-state index in [-0.39, 0.29) is 22.7 Å². The zero-order chi connectivity index (χ0) is 15.2. The molecule has 1 rings (SSSR count). The van der Waals surface area contributed by atoms with Crippen LogP contribution in [-0.4, -0.2) is 37.5 Å². The van der Waals surface area contributed by atoms with E-state index in [0.717, 1.165) is 6.07 Å². The van der Waals surface area contributed by atoms with Crippen molar-refractivity contribution in [1.82, 2.24) is 4.72 Å². The number of carbonyl (C=O) groups is 1. The van der Waals surface area contributed by atoms with Gasteiger partial charge in [0, 0.05) is 18.0 Å². The van der Waals surface area contributed by atoms with Crippen molar-refractivity contribution >= 4 is 33.4 Å². The Morgan fingerprint density at radius 3 is 2.80 bits per heavy atom. The van der Waals surface area contributed by atoms with Crippen LogP contribution in [0.1, 0.15) is 10.4 Å². The second-order valence-electron chi connectivity index (χ2n) is 3.72. The molecule has 1 aromatic rings. The fourth-order valence-corrected chi connectivity index (χ4v) is 3.30. The van der Waals surface area contributed by atoms with E-state index in [1.54, 1.807) is 0 Å². The number of hydrogen-bond acceptors (Lipinski definition) is 5. The molecule has 1 aromatic carbocycles. The molecule has 0 saturated heterocycles. The SMILES string of the molecule is C#CCSCCNS(=O)(=O)c1cc(N)ccc1C(=O)O. The monoisotopic (exact) mass is 314 g/mol. The van der Waals surface area contributed by atoms with Crippen molar-refractivity contribution in [2.24, 2.45) is 0 Å². The Labute approximate surface area is 121 Å². The van der Waals surface area contributed by atoms with E-state index in [0.29, 0.717) is 11.5 Å². The van der Waals surface area contributed by atoms with Crippen LogP contribution in [0.25, 0.3) is 0 Å². The minimum Gasteiger partial charge on any atom is -0.478 e. The molecule has 20 heavy (non-hydrogen) atoms. The van der Waals surface area contributed by atoms with E-state index >= 15 is 0 Å². The zero-order valence-corrected chi connectivity index (χ0v) is 12.1. The average molecular weight is 314 g/mol. The molecule has 0 aliphatic carbocycles. The summed E-state index contributed by atoms with van der Waals surface area (Å²) in [6.45, 7) is 0.155. The van der Waals surface area contributed by atoms with E-state index < -0.39 is 16.0 Å². The van der Waals surface area contributed by atoms with Crippen LogP contribution >= 0.6 is 11.8 Å². The van der Waals surface area contributed by atoms with E-state index in [2.05, 4.69) is 10.6 Å². The van der Waals surface area contributed by atoms with Crippen molar-refractivity contribution in [1.29, 1.82) is 0 Å². The topological polar surface area (TPSA) is 109 Å². The Morgan fingerprint density at radius 1 is 1.50 bits per heavy atom. The van der Waals surface area contributed by atoms with Gasteiger partial charge >= 0.3 is 5.97 Å². The lowest BCUT2D eigenvalue weighted by Gasteiger charge is -2.09. The molecule has 0 saturated carbocycles. The summed E-state index contributed by atoms with van der Waals surface area (Å²) in [6.07, 6.45) is 5.07. The number of carboxylic acids is 1. The van der Waals surface area contributed by atoms with E-state index in [1.165, 1.54) is 23.9 Å². The Kier molecular flexibility index (Phi) is 5.88. The van der Waals surface area contributed by atoms with Crippen molar-refractivity contribution in [3.63, 3.8) is 0 Å². The second kappa shape index (κ2) is 7.19. The second-order valence-corrected chi connectivity index (χ2v) is 6.56. The van der Waals surface area contributed by atoms with Crippen LogP contribution in [0, 0.1) is 12.3 Å². The van der Waals surface area contributed by atoms with E-state index in [1.807, 2.05) is 0 Å². The maximum Gasteiger partial charge on any atom is 0.337 e. The molecule has 0 spiro atoms. The van der Waals surface area contributed by atoms with Gasteiger partial charge in [-0.25, -0.2) is 17.9 Å². The Balaban J connectivity index is 2.89. The summed E-state index contributed by atoms with van der Waals surface area (Å²) >= 11 is 1.40. The van der Waals surface area contributed by atoms with Gasteiger partial charge in [0.25, 0.3) is 0 Å². The number of carboxylic acid groups (broad SMARTS) is 1. The Bertz CT molecular complexity index is 635. The largest absolute Gasteiger partial charge is 0.478 e. The molecular formula is C12H14N2O4S2. The van der Waals surface area contributed by atoms with Crippen LogP contribution in [0.2, 0.25) is 0 Å². The Hall–Kier alpha value is -1.69. The fourth-order valence-electron chi connectivity index (χ4n) is 1.39. The summed E-state index contributed by atoms with van der Waals surface area (Å²) in [5.41, 5.74) is 5.37. The molecule has 0 atom stereocenters. The molecule has 0 radical (unpaired) electrons. The number of benzene rings is 1. The molecule has 6 nitrogen and oxygen atoms in total. The maximum absolute atomic E-state index is 12.1. The smallest absolute Gasteiger partial charge is 0.337 e. The number of nitrogens with two attached hydrogens (primary N) is 1. The number of terminal acetylenes is 1. The highest BCUT2D eigenvalue weighted by molar-refractivity contribution is 7.99. The van der Waals surface area contributed by atoms with Gasteiger partial charge in [0.15, 0.2) is 0 Å². The molecule has 0 heterocycles. The predicted octanol–water partition coefficient (Wildman–Crippen LogP) is 0.612. The first-order valence-electron chi connectivity index (χ1n) is 5.52. The fraction of sp³-hybridized carbons (Fsp3) is 0.250. The third-order valence-corrected chi connectivity index (χ3v) is 4.61. The number of thioether (sulfide) groups is 1. The highest BCUT2D eigenvalue weighted by Crippen LogP contribution is 2.19. The number of aromatic carboxylic acids is 1. The molecular weight excluding hydrogens is 300 g/mol. The lowest BCUT2D eigenvalue weighted by molar-refractivity contribution is 0.0692. The van der Waals surface area contributed by atoms with Gasteiger partial charge in [-0.3, -0.25) is 0 Å². The molecule has 8 heteroatoms. The zero-order valence-electron chi connectivity index (χ0n) is 10.5. The van der Waals surface area contributed by atoms with Gasteiger partial charge in [0.2, 0.25) is 10.0 Å². The number of nitrogen functional groups attached to an aromatic ring is 1.